The van der Waals surface area contributed by atoms with Crippen LogP contribution in [0.2, 0.25) is 0 Å². The molecule has 0 bridgehead atoms. The van der Waals surface area contributed by atoms with Crippen LogP contribution in [0.25, 0.3) is 0 Å². The minimum Gasteiger partial charge on any atom is -0.394 e. The minimum absolute atomic E-state index is 0.323. The van der Waals surface area contributed by atoms with Crippen molar-refractivity contribution in [1.82, 2.24) is 0 Å². The first-order valence-corrected chi connectivity index (χ1v) is 16.0. The highest BCUT2D eigenvalue weighted by Crippen LogP contribution is 2.26. The van der Waals surface area contributed by atoms with Crippen molar-refractivity contribution < 1.29 is 54.7 Å². The van der Waals surface area contributed by atoms with Gasteiger partial charge in [-0.2, -0.15) is 0 Å². The van der Waals surface area contributed by atoms with Crippen LogP contribution in [-0.4, -0.2) is 117 Å². The lowest BCUT2D eigenvalue weighted by Gasteiger charge is -2.42. The lowest BCUT2D eigenvalue weighted by atomic mass is 9.98. The molecular weight excluding hydrogens is 536 g/mol. The number of aliphatic hydroxyl groups is 7. The average Bonchev–Trinajstić information content (AvgIpc) is 2.97. The molecule has 41 heavy (non-hydrogen) atoms. The Hall–Kier alpha value is -0.440. The van der Waals surface area contributed by atoms with E-state index in [0.717, 1.165) is 19.3 Å². The maximum Gasteiger partial charge on any atom is 0.186 e. The molecule has 2 aliphatic rings. The van der Waals surface area contributed by atoms with Crippen LogP contribution < -0.4 is 0 Å². The Kier molecular flexibility index (Phi) is 19.1. The van der Waals surface area contributed by atoms with Crippen LogP contribution in [0.3, 0.4) is 0 Å². The van der Waals surface area contributed by atoms with Gasteiger partial charge in [0.15, 0.2) is 12.6 Å². The van der Waals surface area contributed by atoms with E-state index in [-0.39, 0.29) is 6.61 Å². The van der Waals surface area contributed by atoms with Crippen LogP contribution in [0.5, 0.6) is 0 Å². The summed E-state index contributed by atoms with van der Waals surface area (Å²) in [4.78, 5) is 0. The Morgan fingerprint density at radius 1 is 0.463 bits per heavy atom. The van der Waals surface area contributed by atoms with Gasteiger partial charge in [0, 0.05) is 6.61 Å². The van der Waals surface area contributed by atoms with Gasteiger partial charge in [0.25, 0.3) is 0 Å². The molecule has 2 heterocycles. The largest absolute Gasteiger partial charge is 0.394 e. The fourth-order valence-electron chi connectivity index (χ4n) is 5.44. The van der Waals surface area contributed by atoms with Crippen molar-refractivity contribution in [2.75, 3.05) is 19.8 Å². The second kappa shape index (κ2) is 21.3. The summed E-state index contributed by atoms with van der Waals surface area (Å²) < 4.78 is 22.0. The molecule has 2 aliphatic heterocycles. The second-order valence-electron chi connectivity index (χ2n) is 11.7. The van der Waals surface area contributed by atoms with Crippen LogP contribution in [-0.2, 0) is 18.9 Å². The molecule has 0 radical (unpaired) electrons. The number of rotatable bonds is 22. The van der Waals surface area contributed by atoms with Gasteiger partial charge in [-0.15, -0.1) is 0 Å². The fraction of sp³-hybridized carbons (Fsp3) is 1.00. The van der Waals surface area contributed by atoms with Crippen molar-refractivity contribution in [2.24, 2.45) is 0 Å². The van der Waals surface area contributed by atoms with Crippen LogP contribution in [0, 0.1) is 0 Å². The van der Waals surface area contributed by atoms with Gasteiger partial charge >= 0.3 is 0 Å². The molecule has 0 unspecified atom stereocenters. The Morgan fingerprint density at radius 3 is 1.32 bits per heavy atom. The first kappa shape index (κ1) is 36.8. The number of ether oxygens (including phenoxy) is 4. The van der Waals surface area contributed by atoms with E-state index in [1.54, 1.807) is 0 Å². The van der Waals surface area contributed by atoms with Crippen LogP contribution in [0.4, 0.5) is 0 Å². The first-order chi connectivity index (χ1) is 19.8. The summed E-state index contributed by atoms with van der Waals surface area (Å²) >= 11 is 0. The molecule has 2 rings (SSSR count). The summed E-state index contributed by atoms with van der Waals surface area (Å²) in [6.07, 6.45) is 6.10. The molecule has 0 amide bonds. The third kappa shape index (κ3) is 13.0. The Bertz CT molecular complexity index is 640. The summed E-state index contributed by atoms with van der Waals surface area (Å²) in [5, 5.41) is 70.1. The smallest absolute Gasteiger partial charge is 0.186 e. The Labute approximate surface area is 245 Å². The predicted molar refractivity (Wildman–Crippen MR) is 152 cm³/mol. The van der Waals surface area contributed by atoms with Crippen LogP contribution >= 0.6 is 0 Å². The molecule has 11 heteroatoms. The molecular formula is C30H58O11. The van der Waals surface area contributed by atoms with Crippen molar-refractivity contribution in [3.8, 4) is 0 Å². The standard InChI is InChI=1S/C30H58O11/c1-2-3-4-5-6-7-8-9-10-11-12-13-14-15-16-17-18-38-29-27(36)26(35)24(33)22(41-29)20-39-30-28(37)25(34)23(32)21(19-31)40-30/h21-37H,2-20H2,1H3/t21-,22-,23-,24-,25+,26+,27-,28-,29-,30-/m1/s1. The zero-order valence-corrected chi connectivity index (χ0v) is 25.0. The maximum atomic E-state index is 10.3. The van der Waals surface area contributed by atoms with Gasteiger partial charge in [-0.25, -0.2) is 0 Å². The molecule has 0 aromatic rings. The van der Waals surface area contributed by atoms with Gasteiger partial charge < -0.3 is 54.7 Å². The van der Waals surface area contributed by atoms with E-state index in [4.69, 9.17) is 18.9 Å². The maximum absolute atomic E-state index is 10.3. The van der Waals surface area contributed by atoms with Crippen molar-refractivity contribution in [3.63, 3.8) is 0 Å². The average molecular weight is 595 g/mol. The molecule has 2 fully saturated rings. The zero-order valence-electron chi connectivity index (χ0n) is 25.0. The Morgan fingerprint density at radius 2 is 0.854 bits per heavy atom. The van der Waals surface area contributed by atoms with Gasteiger partial charge in [-0.1, -0.05) is 103 Å². The normalized spacial score (nSPS) is 34.2. The zero-order chi connectivity index (χ0) is 30.0. The number of hydrogen-bond donors (Lipinski definition) is 7. The molecule has 11 nitrogen and oxygen atoms in total. The van der Waals surface area contributed by atoms with Gasteiger partial charge in [-0.05, 0) is 6.42 Å². The molecule has 0 spiro atoms. The minimum atomic E-state index is -1.61. The van der Waals surface area contributed by atoms with Crippen molar-refractivity contribution >= 4 is 0 Å². The molecule has 7 N–H and O–H groups in total. The molecule has 2 saturated heterocycles. The van der Waals surface area contributed by atoms with Crippen molar-refractivity contribution in [3.05, 3.63) is 0 Å². The highest BCUT2D eigenvalue weighted by Gasteiger charge is 2.47. The first-order valence-electron chi connectivity index (χ1n) is 16.0. The lowest BCUT2D eigenvalue weighted by Crippen LogP contribution is -2.61. The number of unbranched alkanes of at least 4 members (excludes halogenated alkanes) is 15. The molecule has 10 atom stereocenters. The highest BCUT2D eigenvalue weighted by molar-refractivity contribution is 4.91. The fourth-order valence-corrected chi connectivity index (χ4v) is 5.44. The number of aliphatic hydroxyl groups excluding tert-OH is 7. The van der Waals surface area contributed by atoms with Gasteiger partial charge in [0.05, 0.1) is 13.2 Å². The lowest BCUT2D eigenvalue weighted by molar-refractivity contribution is -0.331. The van der Waals surface area contributed by atoms with Gasteiger partial charge in [0.2, 0.25) is 0 Å². The summed E-state index contributed by atoms with van der Waals surface area (Å²) in [6, 6.07) is 0. The third-order valence-corrected chi connectivity index (χ3v) is 8.22. The van der Waals surface area contributed by atoms with E-state index in [1.165, 1.54) is 83.5 Å². The highest BCUT2D eigenvalue weighted by atomic mass is 16.7. The van der Waals surface area contributed by atoms with E-state index < -0.39 is 68.0 Å². The van der Waals surface area contributed by atoms with E-state index in [1.807, 2.05) is 0 Å². The summed E-state index contributed by atoms with van der Waals surface area (Å²) in [7, 11) is 0. The van der Waals surface area contributed by atoms with Crippen LogP contribution in [0.1, 0.15) is 110 Å². The SMILES string of the molecule is CCCCCCCCCCCCCCCCCCO[C@@H]1O[C@H](CO[C@@H]2O[C@H](CO)[C@@H](O)[C@H](O)[C@H]2O)[C@@H](O)[C@H](O)[C@H]1O. The van der Waals surface area contributed by atoms with Gasteiger partial charge in [0.1, 0.15) is 48.8 Å². The summed E-state index contributed by atoms with van der Waals surface area (Å²) in [6.45, 7) is 1.60. The number of hydrogen-bond acceptors (Lipinski definition) is 11. The summed E-state index contributed by atoms with van der Waals surface area (Å²) in [5.74, 6) is 0. The molecule has 0 saturated carbocycles. The van der Waals surface area contributed by atoms with Crippen molar-refractivity contribution in [2.45, 2.75) is 171 Å². The second-order valence-corrected chi connectivity index (χ2v) is 11.7. The van der Waals surface area contributed by atoms with Gasteiger partial charge in [-0.3, -0.25) is 0 Å². The van der Waals surface area contributed by atoms with E-state index in [9.17, 15) is 35.7 Å². The van der Waals surface area contributed by atoms with Crippen LogP contribution in [0.15, 0.2) is 0 Å². The van der Waals surface area contributed by atoms with Crippen molar-refractivity contribution in [1.29, 1.82) is 0 Å². The van der Waals surface area contributed by atoms with E-state index in [2.05, 4.69) is 6.92 Å². The van der Waals surface area contributed by atoms with E-state index in [0.29, 0.717) is 6.61 Å². The Balaban J connectivity index is 1.54. The molecule has 244 valence electrons. The topological polar surface area (TPSA) is 179 Å². The summed E-state index contributed by atoms with van der Waals surface area (Å²) in [5.41, 5.74) is 0. The molecule has 0 aromatic heterocycles. The predicted octanol–water partition coefficient (Wildman–Crippen LogP) is 1.89. The van der Waals surface area contributed by atoms with E-state index >= 15 is 0 Å². The third-order valence-electron chi connectivity index (χ3n) is 8.22. The molecule has 0 aromatic carbocycles. The monoisotopic (exact) mass is 594 g/mol. The molecule has 0 aliphatic carbocycles. The quantitative estimate of drug-likeness (QED) is 0.0910.